The quantitative estimate of drug-likeness (QED) is 0.759. The zero-order chi connectivity index (χ0) is 15.2. The Morgan fingerprint density at radius 2 is 2.24 bits per heavy atom. The zero-order valence-electron chi connectivity index (χ0n) is 13.9. The van der Waals surface area contributed by atoms with Crippen molar-refractivity contribution in [2.45, 2.75) is 46.2 Å². The van der Waals surface area contributed by atoms with Gasteiger partial charge in [0.05, 0.1) is 6.61 Å². The normalized spacial score (nSPS) is 16.0. The molecule has 1 aromatic rings. The minimum atomic E-state index is 0.547. The van der Waals surface area contributed by atoms with E-state index in [0.29, 0.717) is 6.04 Å². The average Bonchev–Trinajstić information content (AvgIpc) is 3.31. The van der Waals surface area contributed by atoms with E-state index in [9.17, 15) is 0 Å². The first-order chi connectivity index (χ1) is 10.2. The monoisotopic (exact) mass is 291 g/mol. The van der Waals surface area contributed by atoms with Gasteiger partial charge < -0.3 is 15.0 Å². The lowest BCUT2D eigenvalue weighted by atomic mass is 10.1. The summed E-state index contributed by atoms with van der Waals surface area (Å²) in [4.78, 5) is 7.17. The van der Waals surface area contributed by atoms with Crippen LogP contribution in [0.15, 0.2) is 12.3 Å². The molecule has 1 saturated carbocycles. The number of hydrogen-bond donors (Lipinski definition) is 1. The van der Waals surface area contributed by atoms with Crippen LogP contribution in [0.25, 0.3) is 0 Å². The Hall–Kier alpha value is -1.13. The maximum Gasteiger partial charge on any atom is 0.131 e. The number of anilines is 1. The lowest BCUT2D eigenvalue weighted by Gasteiger charge is -2.31. The lowest BCUT2D eigenvalue weighted by Crippen LogP contribution is -2.38. The summed E-state index contributed by atoms with van der Waals surface area (Å²) in [5.74, 6) is 1.94. The van der Waals surface area contributed by atoms with Crippen molar-refractivity contribution >= 4 is 5.82 Å². The summed E-state index contributed by atoms with van der Waals surface area (Å²) in [6.45, 7) is 10.1. The minimum absolute atomic E-state index is 0.547. The van der Waals surface area contributed by atoms with E-state index in [-0.39, 0.29) is 0 Å². The van der Waals surface area contributed by atoms with Crippen LogP contribution in [0.1, 0.15) is 37.8 Å². The van der Waals surface area contributed by atoms with Gasteiger partial charge in [0.15, 0.2) is 0 Å². The van der Waals surface area contributed by atoms with Crippen molar-refractivity contribution in [3.8, 4) is 0 Å². The number of aromatic nitrogens is 1. The fraction of sp³-hybridized carbons (Fsp3) is 0.706. The molecule has 1 heterocycles. The molecule has 0 spiro atoms. The first-order valence-corrected chi connectivity index (χ1v) is 8.09. The van der Waals surface area contributed by atoms with Crippen molar-refractivity contribution in [1.29, 1.82) is 0 Å². The summed E-state index contributed by atoms with van der Waals surface area (Å²) in [7, 11) is 1.76. The molecule has 0 aromatic carbocycles. The Morgan fingerprint density at radius 1 is 1.48 bits per heavy atom. The summed E-state index contributed by atoms with van der Waals surface area (Å²) in [6.07, 6.45) is 4.70. The highest BCUT2D eigenvalue weighted by Crippen LogP contribution is 2.37. The highest BCUT2D eigenvalue weighted by molar-refractivity contribution is 5.48. The third kappa shape index (κ3) is 4.42. The summed E-state index contributed by atoms with van der Waals surface area (Å²) in [5, 5.41) is 3.35. The molecule has 1 atom stereocenters. The molecule has 0 amide bonds. The molecule has 1 N–H and O–H groups in total. The lowest BCUT2D eigenvalue weighted by molar-refractivity contribution is 0.202. The van der Waals surface area contributed by atoms with Crippen molar-refractivity contribution in [2.24, 2.45) is 5.92 Å². The van der Waals surface area contributed by atoms with E-state index in [2.05, 4.69) is 37.1 Å². The van der Waals surface area contributed by atoms with Gasteiger partial charge in [-0.25, -0.2) is 4.98 Å². The van der Waals surface area contributed by atoms with Gasteiger partial charge in [0, 0.05) is 32.4 Å². The molecule has 0 aliphatic heterocycles. The molecular formula is C17H29N3O. The van der Waals surface area contributed by atoms with Crippen LogP contribution >= 0.6 is 0 Å². The Labute approximate surface area is 128 Å². The summed E-state index contributed by atoms with van der Waals surface area (Å²) in [5.41, 5.74) is 2.51. The van der Waals surface area contributed by atoms with E-state index in [4.69, 9.17) is 9.72 Å². The van der Waals surface area contributed by atoms with Crippen LogP contribution in [0.5, 0.6) is 0 Å². The molecule has 118 valence electrons. The molecule has 1 aromatic heterocycles. The summed E-state index contributed by atoms with van der Waals surface area (Å²) in [6, 6.07) is 2.80. The molecule has 0 bridgehead atoms. The molecule has 4 nitrogen and oxygen atoms in total. The first-order valence-electron chi connectivity index (χ1n) is 8.09. The second-order valence-corrected chi connectivity index (χ2v) is 6.03. The number of pyridine rings is 1. The van der Waals surface area contributed by atoms with Crippen LogP contribution < -0.4 is 10.2 Å². The number of rotatable bonds is 9. The van der Waals surface area contributed by atoms with E-state index in [0.717, 1.165) is 38.0 Å². The largest absolute Gasteiger partial charge is 0.383 e. The summed E-state index contributed by atoms with van der Waals surface area (Å²) >= 11 is 0. The van der Waals surface area contributed by atoms with Crippen molar-refractivity contribution < 1.29 is 4.74 Å². The highest BCUT2D eigenvalue weighted by Gasteiger charge is 2.33. The fourth-order valence-corrected chi connectivity index (χ4v) is 2.82. The van der Waals surface area contributed by atoms with Gasteiger partial charge in [-0.1, -0.05) is 6.92 Å². The third-order valence-electron chi connectivity index (χ3n) is 4.29. The number of nitrogens with zero attached hydrogens (tertiary/aromatic N) is 2. The van der Waals surface area contributed by atoms with Crippen LogP contribution in [-0.4, -0.2) is 37.8 Å². The third-order valence-corrected chi connectivity index (χ3v) is 4.29. The number of nitrogens with one attached hydrogen (secondary N) is 1. The van der Waals surface area contributed by atoms with Crippen molar-refractivity contribution in [3.63, 3.8) is 0 Å². The standard InChI is InChI=1S/C17H29N3O/c1-5-18-11-15-10-13(2)17(19-12-15)20(8-9-21-4)14(3)16-6-7-16/h10,12,14,16,18H,5-9,11H2,1-4H3. The van der Waals surface area contributed by atoms with Gasteiger partial charge in [-0.2, -0.15) is 0 Å². The SMILES string of the molecule is CCNCc1cnc(N(CCOC)C(C)C2CC2)c(C)c1. The predicted molar refractivity (Wildman–Crippen MR) is 87.8 cm³/mol. The second-order valence-electron chi connectivity index (χ2n) is 6.03. The van der Waals surface area contributed by atoms with Gasteiger partial charge in [-0.3, -0.25) is 0 Å². The van der Waals surface area contributed by atoms with Crippen LogP contribution in [0, 0.1) is 12.8 Å². The van der Waals surface area contributed by atoms with Crippen molar-refractivity contribution in [1.82, 2.24) is 10.3 Å². The van der Waals surface area contributed by atoms with Gasteiger partial charge in [-0.15, -0.1) is 0 Å². The molecule has 0 radical (unpaired) electrons. The van der Waals surface area contributed by atoms with Crippen LogP contribution in [0.4, 0.5) is 5.82 Å². The topological polar surface area (TPSA) is 37.4 Å². The van der Waals surface area contributed by atoms with Crippen molar-refractivity contribution in [3.05, 3.63) is 23.4 Å². The Bertz CT molecular complexity index is 446. The Morgan fingerprint density at radius 3 is 2.81 bits per heavy atom. The second kappa shape index (κ2) is 7.76. The molecule has 21 heavy (non-hydrogen) atoms. The molecule has 1 unspecified atom stereocenters. The van der Waals surface area contributed by atoms with Gasteiger partial charge in [0.1, 0.15) is 5.82 Å². The van der Waals surface area contributed by atoms with E-state index < -0.39 is 0 Å². The van der Waals surface area contributed by atoms with E-state index in [1.807, 2.05) is 6.20 Å². The van der Waals surface area contributed by atoms with Crippen LogP contribution in [0.2, 0.25) is 0 Å². The van der Waals surface area contributed by atoms with Gasteiger partial charge in [0.25, 0.3) is 0 Å². The zero-order valence-corrected chi connectivity index (χ0v) is 13.9. The van der Waals surface area contributed by atoms with E-state index >= 15 is 0 Å². The molecule has 1 aliphatic rings. The van der Waals surface area contributed by atoms with Gasteiger partial charge in [-0.05, 0) is 56.3 Å². The molecule has 1 fully saturated rings. The number of hydrogen-bond acceptors (Lipinski definition) is 4. The minimum Gasteiger partial charge on any atom is -0.383 e. The molecule has 1 aliphatic carbocycles. The molecule has 4 heteroatoms. The fourth-order valence-electron chi connectivity index (χ4n) is 2.82. The van der Waals surface area contributed by atoms with Crippen LogP contribution in [-0.2, 0) is 11.3 Å². The van der Waals surface area contributed by atoms with E-state index in [1.54, 1.807) is 7.11 Å². The number of ether oxygens (including phenoxy) is 1. The van der Waals surface area contributed by atoms with Crippen LogP contribution in [0.3, 0.4) is 0 Å². The number of aryl methyl sites for hydroxylation is 1. The summed E-state index contributed by atoms with van der Waals surface area (Å²) < 4.78 is 5.28. The molecule has 0 saturated heterocycles. The Balaban J connectivity index is 2.14. The van der Waals surface area contributed by atoms with E-state index in [1.165, 1.54) is 24.0 Å². The smallest absolute Gasteiger partial charge is 0.131 e. The maximum absolute atomic E-state index is 5.28. The average molecular weight is 291 g/mol. The molecule has 2 rings (SSSR count). The van der Waals surface area contributed by atoms with Crippen molar-refractivity contribution in [2.75, 3.05) is 31.7 Å². The highest BCUT2D eigenvalue weighted by atomic mass is 16.5. The maximum atomic E-state index is 5.28. The van der Waals surface area contributed by atoms with Gasteiger partial charge >= 0.3 is 0 Å². The van der Waals surface area contributed by atoms with Gasteiger partial charge in [0.2, 0.25) is 0 Å². The molecular weight excluding hydrogens is 262 g/mol. The number of methoxy groups -OCH3 is 1. The predicted octanol–water partition coefficient (Wildman–Crippen LogP) is 2.75. The Kier molecular flexibility index (Phi) is 6.00. The first kappa shape index (κ1) is 16.2.